The van der Waals surface area contributed by atoms with Gasteiger partial charge in [-0.3, -0.25) is 0 Å². The third-order valence-electron chi connectivity index (χ3n) is 3.46. The Morgan fingerprint density at radius 3 is 2.93 bits per heavy atom. The van der Waals surface area contributed by atoms with Crippen LogP contribution in [0.1, 0.15) is 24.4 Å². The normalized spacial score (nSPS) is 18.3. The van der Waals surface area contributed by atoms with Gasteiger partial charge in [0.15, 0.2) is 0 Å². The fourth-order valence-corrected chi connectivity index (χ4v) is 2.26. The second-order valence-corrected chi connectivity index (χ2v) is 4.49. The van der Waals surface area contributed by atoms with E-state index in [4.69, 9.17) is 5.73 Å². The molecule has 1 fully saturated rings. The van der Waals surface area contributed by atoms with Gasteiger partial charge in [0, 0.05) is 17.7 Å². The summed E-state index contributed by atoms with van der Waals surface area (Å²) in [5, 5.41) is 0. The van der Waals surface area contributed by atoms with Crippen molar-refractivity contribution in [3.8, 4) is 0 Å². The van der Waals surface area contributed by atoms with Gasteiger partial charge in [-0.1, -0.05) is 6.07 Å². The zero-order valence-corrected chi connectivity index (χ0v) is 8.90. The number of nitrogens with two attached hydrogens (primary N) is 1. The van der Waals surface area contributed by atoms with Crippen LogP contribution in [-0.4, -0.2) is 15.9 Å². The number of hydrogen-bond donors (Lipinski definition) is 1. The summed E-state index contributed by atoms with van der Waals surface area (Å²) in [6, 6.07) is 6.28. The molecule has 0 aromatic carbocycles. The molecule has 0 amide bonds. The fraction of sp³-hybridized carbons (Fsp3) is 0.417. The number of imidazole rings is 1. The van der Waals surface area contributed by atoms with Gasteiger partial charge >= 0.3 is 0 Å². The lowest BCUT2D eigenvalue weighted by Gasteiger charge is -2.12. The van der Waals surface area contributed by atoms with Gasteiger partial charge in [-0.25, -0.2) is 4.98 Å². The van der Waals surface area contributed by atoms with E-state index in [0.717, 1.165) is 5.82 Å². The molecule has 2 N–H and O–H groups in total. The molecule has 2 heterocycles. The molecule has 2 aromatic rings. The Morgan fingerprint density at radius 2 is 2.27 bits per heavy atom. The number of nitrogens with zero attached hydrogens (tertiary/aromatic N) is 2. The molecule has 0 saturated heterocycles. The van der Waals surface area contributed by atoms with Crippen molar-refractivity contribution in [3.05, 3.63) is 35.9 Å². The number of hydrogen-bond acceptors (Lipinski definition) is 2. The summed E-state index contributed by atoms with van der Waals surface area (Å²) in [5.74, 6) is 1.15. The maximum absolute atomic E-state index is 5.85. The molecule has 3 rings (SSSR count). The first kappa shape index (κ1) is 8.92. The van der Waals surface area contributed by atoms with Crippen LogP contribution >= 0.6 is 0 Å². The largest absolute Gasteiger partial charge is 0.329 e. The fourth-order valence-electron chi connectivity index (χ4n) is 2.26. The topological polar surface area (TPSA) is 43.3 Å². The second kappa shape index (κ2) is 2.83. The van der Waals surface area contributed by atoms with E-state index in [-0.39, 0.29) is 5.41 Å². The number of aromatic nitrogens is 2. The maximum Gasteiger partial charge on any atom is 0.120 e. The summed E-state index contributed by atoms with van der Waals surface area (Å²) in [5.41, 5.74) is 8.42. The van der Waals surface area contributed by atoms with Gasteiger partial charge in [-0.05, 0) is 31.9 Å². The lowest BCUT2D eigenvalue weighted by molar-refractivity contribution is 0.642. The van der Waals surface area contributed by atoms with E-state index in [1.807, 2.05) is 6.20 Å². The van der Waals surface area contributed by atoms with Crippen LogP contribution in [0.2, 0.25) is 0 Å². The molecule has 0 aliphatic heterocycles. The molecule has 3 nitrogen and oxygen atoms in total. The van der Waals surface area contributed by atoms with Gasteiger partial charge in [0.2, 0.25) is 0 Å². The molecular weight excluding hydrogens is 186 g/mol. The van der Waals surface area contributed by atoms with Crippen LogP contribution in [0.15, 0.2) is 24.4 Å². The molecule has 0 unspecified atom stereocenters. The smallest absolute Gasteiger partial charge is 0.120 e. The Kier molecular flexibility index (Phi) is 1.68. The van der Waals surface area contributed by atoms with Crippen LogP contribution in [0.25, 0.3) is 5.52 Å². The minimum Gasteiger partial charge on any atom is -0.329 e. The minimum atomic E-state index is 0.165. The molecule has 3 heteroatoms. The monoisotopic (exact) mass is 201 g/mol. The Morgan fingerprint density at radius 1 is 1.47 bits per heavy atom. The van der Waals surface area contributed by atoms with Gasteiger partial charge in [-0.15, -0.1) is 0 Å². The second-order valence-electron chi connectivity index (χ2n) is 4.49. The Hall–Kier alpha value is -1.35. The maximum atomic E-state index is 5.85. The van der Waals surface area contributed by atoms with Crippen LogP contribution in [0.3, 0.4) is 0 Å². The average molecular weight is 201 g/mol. The van der Waals surface area contributed by atoms with Crippen molar-refractivity contribution in [2.45, 2.75) is 25.2 Å². The van der Waals surface area contributed by atoms with E-state index < -0.39 is 0 Å². The van der Waals surface area contributed by atoms with E-state index in [2.05, 4.69) is 34.5 Å². The van der Waals surface area contributed by atoms with Crippen LogP contribution < -0.4 is 5.73 Å². The molecule has 2 aromatic heterocycles. The predicted octanol–water partition coefficient (Wildman–Crippen LogP) is 1.63. The van der Waals surface area contributed by atoms with Crippen molar-refractivity contribution in [2.24, 2.45) is 5.73 Å². The first-order chi connectivity index (χ1) is 7.27. The molecule has 0 atom stereocenters. The summed E-state index contributed by atoms with van der Waals surface area (Å²) >= 11 is 0. The number of fused-ring (bicyclic) bond motifs is 1. The van der Waals surface area contributed by atoms with Gasteiger partial charge in [0.25, 0.3) is 0 Å². The van der Waals surface area contributed by atoms with Crippen molar-refractivity contribution < 1.29 is 0 Å². The first-order valence-corrected chi connectivity index (χ1v) is 5.40. The Balaban J connectivity index is 2.28. The lowest BCUT2D eigenvalue weighted by Crippen LogP contribution is -2.23. The molecule has 1 aliphatic carbocycles. The highest BCUT2D eigenvalue weighted by atomic mass is 15.1. The summed E-state index contributed by atoms with van der Waals surface area (Å²) in [4.78, 5) is 4.54. The van der Waals surface area contributed by atoms with Crippen LogP contribution in [-0.2, 0) is 5.41 Å². The SMILES string of the molecule is Cc1cccc2cnc(C3(CN)CC3)n12. The molecule has 0 spiro atoms. The molecule has 15 heavy (non-hydrogen) atoms. The predicted molar refractivity (Wildman–Crippen MR) is 59.9 cm³/mol. The van der Waals surface area contributed by atoms with Crippen molar-refractivity contribution in [3.63, 3.8) is 0 Å². The summed E-state index contributed by atoms with van der Waals surface area (Å²) in [6.07, 6.45) is 4.30. The highest BCUT2D eigenvalue weighted by Gasteiger charge is 2.46. The minimum absolute atomic E-state index is 0.165. The summed E-state index contributed by atoms with van der Waals surface area (Å²) in [6.45, 7) is 2.82. The van der Waals surface area contributed by atoms with E-state index in [1.165, 1.54) is 24.1 Å². The van der Waals surface area contributed by atoms with Crippen LogP contribution in [0.4, 0.5) is 0 Å². The Bertz CT molecular complexity index is 509. The third kappa shape index (κ3) is 1.13. The molecule has 1 aliphatic rings. The van der Waals surface area contributed by atoms with Crippen molar-refractivity contribution in [1.29, 1.82) is 0 Å². The van der Waals surface area contributed by atoms with E-state index in [9.17, 15) is 0 Å². The quantitative estimate of drug-likeness (QED) is 0.802. The third-order valence-corrected chi connectivity index (χ3v) is 3.46. The first-order valence-electron chi connectivity index (χ1n) is 5.40. The van der Waals surface area contributed by atoms with E-state index in [1.54, 1.807) is 0 Å². The van der Waals surface area contributed by atoms with Crippen molar-refractivity contribution in [1.82, 2.24) is 9.38 Å². The van der Waals surface area contributed by atoms with Gasteiger partial charge in [0.05, 0.1) is 11.7 Å². The number of aryl methyl sites for hydroxylation is 1. The molecule has 0 radical (unpaired) electrons. The van der Waals surface area contributed by atoms with Crippen molar-refractivity contribution >= 4 is 5.52 Å². The van der Waals surface area contributed by atoms with Gasteiger partial charge in [0.1, 0.15) is 5.82 Å². The molecule has 78 valence electrons. The number of pyridine rings is 1. The van der Waals surface area contributed by atoms with Gasteiger partial charge < -0.3 is 10.1 Å². The van der Waals surface area contributed by atoms with E-state index in [0.29, 0.717) is 6.54 Å². The zero-order chi connectivity index (χ0) is 10.5. The molecular formula is C12H15N3. The molecule has 0 bridgehead atoms. The van der Waals surface area contributed by atoms with Crippen molar-refractivity contribution in [2.75, 3.05) is 6.54 Å². The standard InChI is InChI=1S/C12H15N3/c1-9-3-2-4-10-7-14-11(15(9)10)12(8-13)5-6-12/h2-4,7H,5-6,8,13H2,1H3. The Labute approximate surface area is 88.9 Å². The molecule has 1 saturated carbocycles. The average Bonchev–Trinajstić information content (AvgIpc) is 2.92. The van der Waals surface area contributed by atoms with E-state index >= 15 is 0 Å². The van der Waals surface area contributed by atoms with Crippen LogP contribution in [0, 0.1) is 6.92 Å². The summed E-state index contributed by atoms with van der Waals surface area (Å²) in [7, 11) is 0. The summed E-state index contributed by atoms with van der Waals surface area (Å²) < 4.78 is 2.24. The van der Waals surface area contributed by atoms with Crippen LogP contribution in [0.5, 0.6) is 0 Å². The van der Waals surface area contributed by atoms with Gasteiger partial charge in [-0.2, -0.15) is 0 Å². The highest BCUT2D eigenvalue weighted by Crippen LogP contribution is 2.46. The number of rotatable bonds is 2. The lowest BCUT2D eigenvalue weighted by atomic mass is 10.1. The highest BCUT2D eigenvalue weighted by molar-refractivity contribution is 5.49. The zero-order valence-electron chi connectivity index (χ0n) is 8.90.